The van der Waals surface area contributed by atoms with Crippen LogP contribution in [0.1, 0.15) is 12.0 Å². The zero-order valence-corrected chi connectivity index (χ0v) is 9.94. The van der Waals surface area contributed by atoms with E-state index in [1.54, 1.807) is 6.07 Å². The fourth-order valence-electron chi connectivity index (χ4n) is 1.15. The van der Waals surface area contributed by atoms with Gasteiger partial charge in [-0.15, -0.1) is 0 Å². The van der Waals surface area contributed by atoms with Crippen molar-refractivity contribution in [2.45, 2.75) is 12.8 Å². The molecule has 14 heavy (non-hydrogen) atoms. The molecule has 0 saturated carbocycles. The second-order valence-corrected chi connectivity index (χ2v) is 4.01. The number of hydrogen-bond acceptors (Lipinski definition) is 1. The molecule has 0 bridgehead atoms. The summed E-state index contributed by atoms with van der Waals surface area (Å²) in [5.41, 5.74) is 1.14. The highest BCUT2D eigenvalue weighted by Gasteiger charge is 2.02. The lowest BCUT2D eigenvalue weighted by molar-refractivity contribution is 0.192. The normalized spacial score (nSPS) is 10.2. The molecule has 1 rings (SSSR count). The van der Waals surface area contributed by atoms with E-state index < -0.39 is 6.86 Å². The number of benzene rings is 1. The molecule has 1 aromatic carbocycles. The van der Waals surface area contributed by atoms with E-state index in [0.717, 1.165) is 23.7 Å². The SMILES string of the molecule is FCOc1ccc(CCCBr)cc1Cl. The van der Waals surface area contributed by atoms with E-state index in [4.69, 9.17) is 11.6 Å². The van der Waals surface area contributed by atoms with Crippen molar-refractivity contribution in [2.75, 3.05) is 12.2 Å². The molecular weight excluding hydrogens is 270 g/mol. The molecule has 0 radical (unpaired) electrons. The minimum Gasteiger partial charge on any atom is -0.461 e. The number of hydrogen-bond donors (Lipinski definition) is 0. The molecule has 0 fully saturated rings. The van der Waals surface area contributed by atoms with Gasteiger partial charge in [-0.25, -0.2) is 4.39 Å². The average molecular weight is 282 g/mol. The van der Waals surface area contributed by atoms with Gasteiger partial charge in [-0.3, -0.25) is 0 Å². The Morgan fingerprint density at radius 3 is 2.79 bits per heavy atom. The number of aryl methyl sites for hydroxylation is 1. The van der Waals surface area contributed by atoms with Gasteiger partial charge in [0.25, 0.3) is 0 Å². The van der Waals surface area contributed by atoms with Crippen LogP contribution < -0.4 is 4.74 Å². The Hall–Kier alpha value is -0.280. The molecule has 78 valence electrons. The summed E-state index contributed by atoms with van der Waals surface area (Å²) in [6.45, 7) is -0.847. The average Bonchev–Trinajstić information content (AvgIpc) is 2.19. The molecule has 0 aliphatic heterocycles. The number of alkyl halides is 2. The first kappa shape index (κ1) is 11.8. The van der Waals surface area contributed by atoms with Crippen LogP contribution >= 0.6 is 27.5 Å². The van der Waals surface area contributed by atoms with Crippen LogP contribution in [0.25, 0.3) is 0 Å². The van der Waals surface area contributed by atoms with Crippen molar-refractivity contribution in [1.29, 1.82) is 0 Å². The maximum Gasteiger partial charge on any atom is 0.228 e. The van der Waals surface area contributed by atoms with Gasteiger partial charge in [0.15, 0.2) is 0 Å². The largest absolute Gasteiger partial charge is 0.461 e. The second kappa shape index (κ2) is 6.25. The van der Waals surface area contributed by atoms with Gasteiger partial charge < -0.3 is 4.74 Å². The van der Waals surface area contributed by atoms with Crippen LogP contribution in [0.2, 0.25) is 5.02 Å². The van der Waals surface area contributed by atoms with Gasteiger partial charge in [-0.05, 0) is 30.5 Å². The van der Waals surface area contributed by atoms with Crippen LogP contribution in [0.5, 0.6) is 5.75 Å². The van der Waals surface area contributed by atoms with Crippen molar-refractivity contribution >= 4 is 27.5 Å². The van der Waals surface area contributed by atoms with Gasteiger partial charge in [0.05, 0.1) is 5.02 Å². The third-order valence-corrected chi connectivity index (χ3v) is 2.66. The highest BCUT2D eigenvalue weighted by molar-refractivity contribution is 9.09. The Morgan fingerprint density at radius 2 is 2.21 bits per heavy atom. The summed E-state index contributed by atoms with van der Waals surface area (Å²) >= 11 is 9.24. The smallest absolute Gasteiger partial charge is 0.228 e. The summed E-state index contributed by atoms with van der Waals surface area (Å²) in [5.74, 6) is 0.400. The predicted octanol–water partition coefficient (Wildman–Crippen LogP) is 3.97. The van der Waals surface area contributed by atoms with Crippen molar-refractivity contribution in [3.63, 3.8) is 0 Å². The Balaban J connectivity index is 2.68. The van der Waals surface area contributed by atoms with E-state index in [-0.39, 0.29) is 0 Å². The van der Waals surface area contributed by atoms with Crippen molar-refractivity contribution in [3.8, 4) is 5.75 Å². The summed E-state index contributed by atoms with van der Waals surface area (Å²) < 4.78 is 16.6. The fourth-order valence-corrected chi connectivity index (χ4v) is 1.68. The molecule has 0 N–H and O–H groups in total. The van der Waals surface area contributed by atoms with Gasteiger partial charge >= 0.3 is 0 Å². The highest BCUT2D eigenvalue weighted by atomic mass is 79.9. The lowest BCUT2D eigenvalue weighted by Crippen LogP contribution is -1.92. The van der Waals surface area contributed by atoms with Gasteiger partial charge in [0, 0.05) is 5.33 Å². The summed E-state index contributed by atoms with van der Waals surface area (Å²) in [7, 11) is 0. The quantitative estimate of drug-likeness (QED) is 0.742. The summed E-state index contributed by atoms with van der Waals surface area (Å²) in [4.78, 5) is 0. The minimum atomic E-state index is -0.847. The molecule has 0 aliphatic rings. The van der Waals surface area contributed by atoms with E-state index in [9.17, 15) is 4.39 Å². The van der Waals surface area contributed by atoms with Crippen LogP contribution in [-0.4, -0.2) is 12.2 Å². The van der Waals surface area contributed by atoms with Crippen LogP contribution in [0.15, 0.2) is 18.2 Å². The zero-order chi connectivity index (χ0) is 10.4. The lowest BCUT2D eigenvalue weighted by Gasteiger charge is -2.05. The van der Waals surface area contributed by atoms with Crippen LogP contribution in [0, 0.1) is 0 Å². The van der Waals surface area contributed by atoms with E-state index >= 15 is 0 Å². The van der Waals surface area contributed by atoms with Crippen LogP contribution in [0.3, 0.4) is 0 Å². The van der Waals surface area contributed by atoms with Crippen molar-refractivity contribution in [2.24, 2.45) is 0 Å². The van der Waals surface area contributed by atoms with Gasteiger partial charge in [-0.1, -0.05) is 33.6 Å². The molecule has 0 saturated heterocycles. The summed E-state index contributed by atoms with van der Waals surface area (Å²) in [5, 5.41) is 1.43. The monoisotopic (exact) mass is 280 g/mol. The highest BCUT2D eigenvalue weighted by Crippen LogP contribution is 2.26. The Kier molecular flexibility index (Phi) is 5.26. The molecule has 0 aromatic heterocycles. The Labute approximate surface area is 96.3 Å². The van der Waals surface area contributed by atoms with E-state index in [1.807, 2.05) is 12.1 Å². The Bertz CT molecular complexity index is 293. The minimum absolute atomic E-state index is 0.400. The summed E-state index contributed by atoms with van der Waals surface area (Å²) in [6, 6.07) is 5.42. The third kappa shape index (κ3) is 3.46. The van der Waals surface area contributed by atoms with Crippen molar-refractivity contribution in [3.05, 3.63) is 28.8 Å². The first-order valence-corrected chi connectivity index (χ1v) is 5.81. The first-order chi connectivity index (χ1) is 6.77. The molecule has 4 heteroatoms. The number of rotatable bonds is 5. The van der Waals surface area contributed by atoms with Gasteiger partial charge in [0.2, 0.25) is 6.86 Å². The fraction of sp³-hybridized carbons (Fsp3) is 0.400. The molecule has 0 heterocycles. The molecular formula is C10H11BrClFO. The Morgan fingerprint density at radius 1 is 1.43 bits per heavy atom. The third-order valence-electron chi connectivity index (χ3n) is 1.81. The number of ether oxygens (including phenoxy) is 1. The van der Waals surface area contributed by atoms with Crippen molar-refractivity contribution < 1.29 is 9.13 Å². The van der Waals surface area contributed by atoms with E-state index in [0.29, 0.717) is 10.8 Å². The zero-order valence-electron chi connectivity index (χ0n) is 7.60. The molecule has 0 amide bonds. The lowest BCUT2D eigenvalue weighted by atomic mass is 10.1. The maximum absolute atomic E-state index is 11.9. The van der Waals surface area contributed by atoms with Gasteiger partial charge in [0.1, 0.15) is 5.75 Å². The summed E-state index contributed by atoms with van der Waals surface area (Å²) in [6.07, 6.45) is 2.01. The molecule has 1 aromatic rings. The first-order valence-electron chi connectivity index (χ1n) is 4.31. The van der Waals surface area contributed by atoms with Crippen molar-refractivity contribution in [1.82, 2.24) is 0 Å². The molecule has 1 nitrogen and oxygen atoms in total. The maximum atomic E-state index is 11.9. The molecule has 0 atom stereocenters. The second-order valence-electron chi connectivity index (χ2n) is 2.81. The topological polar surface area (TPSA) is 9.23 Å². The predicted molar refractivity (Wildman–Crippen MR) is 60.2 cm³/mol. The number of halogens is 3. The van der Waals surface area contributed by atoms with E-state index in [1.165, 1.54) is 0 Å². The molecule has 0 spiro atoms. The van der Waals surface area contributed by atoms with Gasteiger partial charge in [-0.2, -0.15) is 0 Å². The molecule has 0 unspecified atom stereocenters. The van der Waals surface area contributed by atoms with E-state index in [2.05, 4.69) is 20.7 Å². The standard InChI is InChI=1S/C10H11BrClFO/c11-5-1-2-8-3-4-10(14-7-13)9(12)6-8/h3-4,6H,1-2,5,7H2. The van der Waals surface area contributed by atoms with Crippen LogP contribution in [-0.2, 0) is 6.42 Å². The molecule has 0 aliphatic carbocycles. The van der Waals surface area contributed by atoms with Crippen LogP contribution in [0.4, 0.5) is 4.39 Å².